The highest BCUT2D eigenvalue weighted by molar-refractivity contribution is 5.72. The zero-order valence-electron chi connectivity index (χ0n) is 5.89. The fraction of sp³-hybridized carbons (Fsp3) is 0.857. The number of hydrogen-bond donors (Lipinski definition) is 0. The zero-order chi connectivity index (χ0) is 6.85. The SMILES string of the molecule is C[C@H]1COC(=O)[C@@H](C)C1. The second kappa shape index (κ2) is 2.38. The Labute approximate surface area is 55.2 Å². The minimum atomic E-state index is -0.0342. The number of hydrogen-bond acceptors (Lipinski definition) is 2. The first-order valence-corrected chi connectivity index (χ1v) is 3.37. The van der Waals surface area contributed by atoms with Crippen LogP contribution in [-0.4, -0.2) is 12.6 Å². The van der Waals surface area contributed by atoms with Crippen molar-refractivity contribution < 1.29 is 9.53 Å². The Morgan fingerprint density at radius 1 is 1.56 bits per heavy atom. The highest BCUT2D eigenvalue weighted by atomic mass is 16.5. The summed E-state index contributed by atoms with van der Waals surface area (Å²) in [6, 6.07) is 0. The van der Waals surface area contributed by atoms with Crippen molar-refractivity contribution >= 4 is 5.97 Å². The zero-order valence-corrected chi connectivity index (χ0v) is 5.89. The molecule has 1 heterocycles. The van der Waals surface area contributed by atoms with Gasteiger partial charge in [0.05, 0.1) is 12.5 Å². The molecule has 9 heavy (non-hydrogen) atoms. The van der Waals surface area contributed by atoms with E-state index < -0.39 is 0 Å². The molecule has 0 N–H and O–H groups in total. The molecule has 1 aliphatic heterocycles. The first-order chi connectivity index (χ1) is 4.20. The second-order valence-electron chi connectivity index (χ2n) is 2.87. The van der Waals surface area contributed by atoms with Gasteiger partial charge in [-0.3, -0.25) is 4.79 Å². The Hall–Kier alpha value is -0.530. The summed E-state index contributed by atoms with van der Waals surface area (Å²) in [5, 5.41) is 0. The molecule has 0 radical (unpaired) electrons. The fourth-order valence-electron chi connectivity index (χ4n) is 1.13. The van der Waals surface area contributed by atoms with Gasteiger partial charge in [-0.1, -0.05) is 13.8 Å². The molecule has 0 spiro atoms. The predicted octanol–water partition coefficient (Wildman–Crippen LogP) is 1.21. The summed E-state index contributed by atoms with van der Waals surface area (Å²) >= 11 is 0. The highest BCUT2D eigenvalue weighted by Crippen LogP contribution is 2.18. The molecule has 0 bridgehead atoms. The summed E-state index contributed by atoms with van der Waals surface area (Å²) in [6.45, 7) is 4.63. The molecule has 52 valence electrons. The number of esters is 1. The first-order valence-electron chi connectivity index (χ1n) is 3.37. The lowest BCUT2D eigenvalue weighted by Gasteiger charge is -2.22. The summed E-state index contributed by atoms with van der Waals surface area (Å²) in [6.07, 6.45) is 0.985. The number of carbonyl (C=O) groups is 1. The van der Waals surface area contributed by atoms with Crippen molar-refractivity contribution in [2.24, 2.45) is 11.8 Å². The van der Waals surface area contributed by atoms with Crippen molar-refractivity contribution in [3.05, 3.63) is 0 Å². The highest BCUT2D eigenvalue weighted by Gasteiger charge is 2.23. The van der Waals surface area contributed by atoms with Gasteiger partial charge in [0.25, 0.3) is 0 Å². The quantitative estimate of drug-likeness (QED) is 0.458. The Kier molecular flexibility index (Phi) is 1.74. The maximum absolute atomic E-state index is 10.7. The van der Waals surface area contributed by atoms with E-state index in [-0.39, 0.29) is 11.9 Å². The van der Waals surface area contributed by atoms with Crippen LogP contribution in [0.2, 0.25) is 0 Å². The Bertz CT molecular complexity index is 120. The number of carbonyl (C=O) groups excluding carboxylic acids is 1. The lowest BCUT2D eigenvalue weighted by atomic mass is 9.96. The van der Waals surface area contributed by atoms with E-state index >= 15 is 0 Å². The monoisotopic (exact) mass is 128 g/mol. The smallest absolute Gasteiger partial charge is 0.308 e. The van der Waals surface area contributed by atoms with Crippen molar-refractivity contribution in [1.29, 1.82) is 0 Å². The molecule has 1 saturated heterocycles. The van der Waals surface area contributed by atoms with E-state index in [1.54, 1.807) is 0 Å². The predicted molar refractivity (Wildman–Crippen MR) is 33.9 cm³/mol. The van der Waals surface area contributed by atoms with Gasteiger partial charge in [0.15, 0.2) is 0 Å². The van der Waals surface area contributed by atoms with Gasteiger partial charge < -0.3 is 4.74 Å². The van der Waals surface area contributed by atoms with E-state index in [0.717, 1.165) is 6.42 Å². The van der Waals surface area contributed by atoms with Crippen molar-refractivity contribution in [3.8, 4) is 0 Å². The van der Waals surface area contributed by atoms with E-state index in [2.05, 4.69) is 6.92 Å². The lowest BCUT2D eigenvalue weighted by molar-refractivity contribution is -0.154. The van der Waals surface area contributed by atoms with Crippen molar-refractivity contribution in [3.63, 3.8) is 0 Å². The second-order valence-corrected chi connectivity index (χ2v) is 2.87. The van der Waals surface area contributed by atoms with Gasteiger partial charge >= 0.3 is 5.97 Å². The molecule has 1 fully saturated rings. The number of ether oxygens (including phenoxy) is 1. The van der Waals surface area contributed by atoms with Crippen molar-refractivity contribution in [2.45, 2.75) is 20.3 Å². The van der Waals surface area contributed by atoms with Gasteiger partial charge in [0, 0.05) is 0 Å². The van der Waals surface area contributed by atoms with E-state index in [0.29, 0.717) is 12.5 Å². The molecule has 0 aromatic heterocycles. The molecule has 0 saturated carbocycles. The largest absolute Gasteiger partial charge is 0.465 e. The van der Waals surface area contributed by atoms with Crippen LogP contribution in [-0.2, 0) is 9.53 Å². The molecule has 0 aromatic rings. The molecular formula is C7H12O2. The van der Waals surface area contributed by atoms with Gasteiger partial charge in [-0.15, -0.1) is 0 Å². The van der Waals surface area contributed by atoms with Crippen LogP contribution >= 0.6 is 0 Å². The third-order valence-corrected chi connectivity index (χ3v) is 1.67. The van der Waals surface area contributed by atoms with E-state index in [1.165, 1.54) is 0 Å². The minimum Gasteiger partial charge on any atom is -0.465 e. The number of rotatable bonds is 0. The van der Waals surface area contributed by atoms with Gasteiger partial charge in [0.1, 0.15) is 0 Å². The molecule has 0 aliphatic carbocycles. The van der Waals surface area contributed by atoms with Crippen LogP contribution < -0.4 is 0 Å². The Morgan fingerprint density at radius 2 is 2.22 bits per heavy atom. The topological polar surface area (TPSA) is 26.3 Å². The van der Waals surface area contributed by atoms with Crippen LogP contribution in [0, 0.1) is 11.8 Å². The maximum atomic E-state index is 10.7. The van der Waals surface area contributed by atoms with E-state index in [4.69, 9.17) is 4.74 Å². The first kappa shape index (κ1) is 6.59. The fourth-order valence-corrected chi connectivity index (χ4v) is 1.13. The molecule has 2 heteroatoms. The maximum Gasteiger partial charge on any atom is 0.308 e. The normalized spacial score (nSPS) is 36.0. The summed E-state index contributed by atoms with van der Waals surface area (Å²) in [5.74, 6) is 0.638. The average Bonchev–Trinajstić information content (AvgIpc) is 1.80. The Morgan fingerprint density at radius 3 is 2.67 bits per heavy atom. The van der Waals surface area contributed by atoms with Gasteiger partial charge in [-0.05, 0) is 12.3 Å². The molecule has 0 amide bonds. The van der Waals surface area contributed by atoms with Crippen LogP contribution in [0.1, 0.15) is 20.3 Å². The molecule has 2 nitrogen and oxygen atoms in total. The molecule has 1 aliphatic rings. The standard InChI is InChI=1S/C7H12O2/c1-5-3-6(2)7(8)9-4-5/h5-6H,3-4H2,1-2H3/t5-,6+/m1/s1. The van der Waals surface area contributed by atoms with Gasteiger partial charge in [-0.2, -0.15) is 0 Å². The van der Waals surface area contributed by atoms with Crippen LogP contribution in [0.25, 0.3) is 0 Å². The average molecular weight is 128 g/mol. The molecule has 2 atom stereocenters. The van der Waals surface area contributed by atoms with Crippen LogP contribution in [0.3, 0.4) is 0 Å². The summed E-state index contributed by atoms with van der Waals surface area (Å²) in [4.78, 5) is 10.7. The Balaban J connectivity index is 2.44. The summed E-state index contributed by atoms with van der Waals surface area (Å²) in [7, 11) is 0. The molecular weight excluding hydrogens is 116 g/mol. The lowest BCUT2D eigenvalue weighted by Crippen LogP contribution is -2.26. The van der Waals surface area contributed by atoms with E-state index in [9.17, 15) is 4.79 Å². The van der Waals surface area contributed by atoms with E-state index in [1.807, 2.05) is 6.92 Å². The minimum absolute atomic E-state index is 0.0342. The summed E-state index contributed by atoms with van der Waals surface area (Å²) in [5.41, 5.74) is 0. The van der Waals surface area contributed by atoms with Gasteiger partial charge in [-0.25, -0.2) is 0 Å². The van der Waals surface area contributed by atoms with Crippen LogP contribution in [0.4, 0.5) is 0 Å². The van der Waals surface area contributed by atoms with Crippen LogP contribution in [0.15, 0.2) is 0 Å². The molecule has 0 aromatic carbocycles. The van der Waals surface area contributed by atoms with Crippen molar-refractivity contribution in [1.82, 2.24) is 0 Å². The van der Waals surface area contributed by atoms with Crippen LogP contribution in [0.5, 0.6) is 0 Å². The third kappa shape index (κ3) is 1.44. The third-order valence-electron chi connectivity index (χ3n) is 1.67. The van der Waals surface area contributed by atoms with Crippen molar-refractivity contribution in [2.75, 3.05) is 6.61 Å². The van der Waals surface area contributed by atoms with Gasteiger partial charge in [0.2, 0.25) is 0 Å². The molecule has 1 rings (SSSR count). The summed E-state index contributed by atoms with van der Waals surface area (Å²) < 4.78 is 4.86. The molecule has 0 unspecified atom stereocenters. The number of cyclic esters (lactones) is 1.